The summed E-state index contributed by atoms with van der Waals surface area (Å²) in [6.45, 7) is 2.09. The Morgan fingerprint density at radius 2 is 1.84 bits per heavy atom. The molecule has 4 heteroatoms. The number of rotatable bonds is 3. The van der Waals surface area contributed by atoms with Crippen LogP contribution in [0, 0.1) is 5.92 Å². The van der Waals surface area contributed by atoms with Crippen molar-refractivity contribution in [2.75, 3.05) is 5.32 Å². The second kappa shape index (κ2) is 7.24. The zero-order valence-corrected chi connectivity index (χ0v) is 12.2. The number of thiocarbonyl (C=S) groups is 1. The second-order valence-corrected chi connectivity index (χ2v) is 5.43. The molecule has 1 saturated carbocycles. The van der Waals surface area contributed by atoms with E-state index in [2.05, 4.69) is 22.8 Å². The summed E-state index contributed by atoms with van der Waals surface area (Å²) < 4.78 is 0. The Balaban J connectivity index is 1.82. The van der Waals surface area contributed by atoms with E-state index in [1.165, 1.54) is 32.1 Å². The first-order valence-electron chi connectivity index (χ1n) is 6.92. The minimum atomic E-state index is 0.543. The molecule has 0 bridgehead atoms. The Kier molecular flexibility index (Phi) is 5.33. The number of hydrogen-bond donors (Lipinski definition) is 2. The average Bonchev–Trinajstić information content (AvgIpc) is 2.47. The van der Waals surface area contributed by atoms with E-state index in [0.29, 0.717) is 11.0 Å². The van der Waals surface area contributed by atoms with Gasteiger partial charge in [0.25, 0.3) is 0 Å². The van der Waals surface area contributed by atoms with E-state index < -0.39 is 0 Å². The maximum Gasteiger partial charge on any atom is 0.191 e. The van der Waals surface area contributed by atoms with Crippen molar-refractivity contribution in [2.45, 2.75) is 39.0 Å². The van der Waals surface area contributed by atoms with Crippen molar-refractivity contribution in [3.8, 4) is 0 Å². The van der Waals surface area contributed by atoms with Crippen LogP contribution in [-0.4, -0.2) is 10.8 Å². The lowest BCUT2D eigenvalue weighted by Gasteiger charge is -2.21. The number of benzene rings is 1. The van der Waals surface area contributed by atoms with Gasteiger partial charge < -0.3 is 5.32 Å². The van der Waals surface area contributed by atoms with Gasteiger partial charge in [-0.25, -0.2) is 0 Å². The topological polar surface area (TPSA) is 36.4 Å². The van der Waals surface area contributed by atoms with E-state index >= 15 is 0 Å². The Morgan fingerprint density at radius 3 is 2.53 bits per heavy atom. The lowest BCUT2D eigenvalue weighted by Crippen LogP contribution is -2.26. The fourth-order valence-corrected chi connectivity index (χ4v) is 2.59. The number of hydrogen-bond acceptors (Lipinski definition) is 2. The van der Waals surface area contributed by atoms with Gasteiger partial charge in [-0.15, -0.1) is 0 Å². The molecule has 1 aromatic rings. The molecule has 0 saturated heterocycles. The molecule has 1 aliphatic rings. The van der Waals surface area contributed by atoms with Crippen LogP contribution in [0.1, 0.15) is 39.0 Å². The van der Waals surface area contributed by atoms with Crippen molar-refractivity contribution in [1.82, 2.24) is 5.43 Å². The zero-order valence-electron chi connectivity index (χ0n) is 11.4. The number of nitrogens with zero attached hydrogens (tertiary/aromatic N) is 1. The quantitative estimate of drug-likeness (QED) is 0.498. The van der Waals surface area contributed by atoms with Gasteiger partial charge in [0.05, 0.1) is 0 Å². The van der Waals surface area contributed by atoms with E-state index in [4.69, 9.17) is 12.2 Å². The molecule has 19 heavy (non-hydrogen) atoms. The van der Waals surface area contributed by atoms with Crippen LogP contribution in [0.25, 0.3) is 0 Å². The predicted octanol–water partition coefficient (Wildman–Crippen LogP) is 3.93. The van der Waals surface area contributed by atoms with Crippen LogP contribution in [-0.2, 0) is 0 Å². The fraction of sp³-hybridized carbons (Fsp3) is 0.467. The van der Waals surface area contributed by atoms with Crippen LogP contribution in [0.3, 0.4) is 0 Å². The normalized spacial score (nSPS) is 17.0. The maximum absolute atomic E-state index is 5.23. The summed E-state index contributed by atoms with van der Waals surface area (Å²) in [5, 5.41) is 8.06. The molecule has 3 nitrogen and oxygen atoms in total. The van der Waals surface area contributed by atoms with Crippen molar-refractivity contribution < 1.29 is 0 Å². The summed E-state index contributed by atoms with van der Waals surface area (Å²) in [6.07, 6.45) is 6.53. The first-order valence-corrected chi connectivity index (χ1v) is 7.33. The summed E-state index contributed by atoms with van der Waals surface area (Å²) in [4.78, 5) is 0. The van der Waals surface area contributed by atoms with Gasteiger partial charge in [-0.3, -0.25) is 5.43 Å². The average molecular weight is 275 g/mol. The Labute approximate surface area is 120 Å². The number of anilines is 1. The first kappa shape index (κ1) is 14.0. The van der Waals surface area contributed by atoms with Crippen LogP contribution in [0.2, 0.25) is 0 Å². The van der Waals surface area contributed by atoms with Gasteiger partial charge >= 0.3 is 0 Å². The van der Waals surface area contributed by atoms with Crippen molar-refractivity contribution in [2.24, 2.45) is 11.0 Å². The molecule has 0 unspecified atom stereocenters. The Hall–Kier alpha value is -1.42. The molecule has 2 rings (SSSR count). The van der Waals surface area contributed by atoms with Crippen molar-refractivity contribution in [3.63, 3.8) is 0 Å². The molecule has 0 heterocycles. The molecule has 0 aromatic heterocycles. The molecular formula is C15H21N3S. The Morgan fingerprint density at radius 1 is 1.16 bits per heavy atom. The van der Waals surface area contributed by atoms with Crippen molar-refractivity contribution >= 4 is 28.7 Å². The van der Waals surface area contributed by atoms with Gasteiger partial charge in [-0.05, 0) is 50.0 Å². The van der Waals surface area contributed by atoms with Gasteiger partial charge in [0.2, 0.25) is 0 Å². The third-order valence-electron chi connectivity index (χ3n) is 3.56. The van der Waals surface area contributed by atoms with Gasteiger partial charge in [0.1, 0.15) is 0 Å². The molecule has 0 amide bonds. The minimum Gasteiger partial charge on any atom is -0.331 e. The number of para-hydroxylation sites is 1. The van der Waals surface area contributed by atoms with Crippen molar-refractivity contribution in [3.05, 3.63) is 30.3 Å². The van der Waals surface area contributed by atoms with E-state index in [1.54, 1.807) is 0 Å². The third kappa shape index (κ3) is 4.63. The van der Waals surface area contributed by atoms with E-state index in [1.807, 2.05) is 30.3 Å². The Bertz CT molecular complexity index is 436. The van der Waals surface area contributed by atoms with Crippen LogP contribution in [0.4, 0.5) is 5.69 Å². The van der Waals surface area contributed by atoms with Crippen LogP contribution in [0.5, 0.6) is 0 Å². The SMILES string of the molecule is CC(=NNC(=S)Nc1ccccc1)C1CCCCC1. The predicted molar refractivity (Wildman–Crippen MR) is 85.5 cm³/mol. The van der Waals surface area contributed by atoms with Crippen LogP contribution >= 0.6 is 12.2 Å². The standard InChI is InChI=1S/C15H21N3S/c1-12(13-8-4-2-5-9-13)17-18-15(19)16-14-10-6-3-7-11-14/h3,6-7,10-11,13H,2,4-5,8-9H2,1H3,(H2,16,18,19). The largest absolute Gasteiger partial charge is 0.331 e. The smallest absolute Gasteiger partial charge is 0.191 e. The number of nitrogens with one attached hydrogen (secondary N) is 2. The van der Waals surface area contributed by atoms with Crippen LogP contribution in [0.15, 0.2) is 35.4 Å². The van der Waals surface area contributed by atoms with Crippen molar-refractivity contribution in [1.29, 1.82) is 0 Å². The molecule has 0 spiro atoms. The van der Waals surface area contributed by atoms with Crippen LogP contribution < -0.4 is 10.7 Å². The summed E-state index contributed by atoms with van der Waals surface area (Å²) in [5.41, 5.74) is 5.08. The minimum absolute atomic E-state index is 0.543. The molecule has 0 radical (unpaired) electrons. The summed E-state index contributed by atoms with van der Waals surface area (Å²) >= 11 is 5.23. The first-order chi connectivity index (χ1) is 9.25. The molecule has 2 N–H and O–H groups in total. The van der Waals surface area contributed by atoms with Gasteiger partial charge in [0, 0.05) is 11.4 Å². The van der Waals surface area contributed by atoms with Gasteiger partial charge in [-0.1, -0.05) is 37.5 Å². The lowest BCUT2D eigenvalue weighted by molar-refractivity contribution is 0.437. The maximum atomic E-state index is 5.23. The highest BCUT2D eigenvalue weighted by molar-refractivity contribution is 7.80. The van der Waals surface area contributed by atoms with E-state index in [9.17, 15) is 0 Å². The molecule has 1 aliphatic carbocycles. The molecule has 0 atom stereocenters. The lowest BCUT2D eigenvalue weighted by atomic mass is 9.86. The van der Waals surface area contributed by atoms with E-state index in [-0.39, 0.29) is 0 Å². The summed E-state index contributed by atoms with van der Waals surface area (Å²) in [5.74, 6) is 0.626. The highest BCUT2D eigenvalue weighted by Crippen LogP contribution is 2.24. The molecular weight excluding hydrogens is 254 g/mol. The van der Waals surface area contributed by atoms with Gasteiger partial charge in [-0.2, -0.15) is 5.10 Å². The summed E-state index contributed by atoms with van der Waals surface area (Å²) in [7, 11) is 0. The highest BCUT2D eigenvalue weighted by atomic mass is 32.1. The highest BCUT2D eigenvalue weighted by Gasteiger charge is 2.16. The zero-order chi connectivity index (χ0) is 13.5. The van der Waals surface area contributed by atoms with E-state index in [0.717, 1.165) is 11.4 Å². The van der Waals surface area contributed by atoms with Gasteiger partial charge in [0.15, 0.2) is 5.11 Å². The monoisotopic (exact) mass is 275 g/mol. The molecule has 1 fully saturated rings. The molecule has 102 valence electrons. The number of hydrazone groups is 1. The molecule has 1 aromatic carbocycles. The second-order valence-electron chi connectivity index (χ2n) is 5.02. The molecule has 0 aliphatic heterocycles. The fourth-order valence-electron chi connectivity index (χ4n) is 2.43. The summed E-state index contributed by atoms with van der Waals surface area (Å²) in [6, 6.07) is 9.88. The third-order valence-corrected chi connectivity index (χ3v) is 3.75.